The fourth-order valence-corrected chi connectivity index (χ4v) is 1.17. The van der Waals surface area contributed by atoms with Crippen molar-refractivity contribution in [1.82, 2.24) is 5.32 Å². The van der Waals surface area contributed by atoms with Crippen molar-refractivity contribution in [2.24, 2.45) is 0 Å². The van der Waals surface area contributed by atoms with Crippen molar-refractivity contribution in [3.05, 3.63) is 29.8 Å². The maximum Gasteiger partial charge on any atom is 0.238 e. The van der Waals surface area contributed by atoms with Gasteiger partial charge < -0.3 is 10.6 Å². The van der Waals surface area contributed by atoms with E-state index < -0.39 is 0 Å². The predicted octanol–water partition coefficient (Wildman–Crippen LogP) is 1.49. The van der Waals surface area contributed by atoms with Crippen LogP contribution in [0.5, 0.6) is 0 Å². The van der Waals surface area contributed by atoms with Crippen LogP contribution in [0, 0.1) is 11.3 Å². The third-order valence-corrected chi connectivity index (χ3v) is 1.95. The average Bonchev–Trinajstić information content (AvgIpc) is 2.26. The smallest absolute Gasteiger partial charge is 0.238 e. The van der Waals surface area contributed by atoms with E-state index in [-0.39, 0.29) is 18.5 Å². The topological polar surface area (TPSA) is 64.9 Å². The van der Waals surface area contributed by atoms with Gasteiger partial charge in [-0.2, -0.15) is 5.26 Å². The largest absolute Gasteiger partial charge is 0.325 e. The van der Waals surface area contributed by atoms with E-state index in [2.05, 4.69) is 10.6 Å². The number of amides is 1. The second-order valence-corrected chi connectivity index (χ2v) is 3.78. The third kappa shape index (κ3) is 4.11. The zero-order chi connectivity index (χ0) is 12.0. The number of nitriles is 1. The summed E-state index contributed by atoms with van der Waals surface area (Å²) in [6.45, 7) is 4.22. The standard InChI is InChI=1S/C12H15N3O/c1-9(2)14-8-12(16)15-11-5-3-4-10(6-11)7-13/h3-6,9,14H,8H2,1-2H3,(H,15,16). The zero-order valence-electron chi connectivity index (χ0n) is 9.45. The van der Waals surface area contributed by atoms with Crippen molar-refractivity contribution in [1.29, 1.82) is 5.26 Å². The van der Waals surface area contributed by atoms with Gasteiger partial charge in [0.25, 0.3) is 0 Å². The summed E-state index contributed by atoms with van der Waals surface area (Å²) in [6, 6.07) is 9.14. The number of nitrogens with one attached hydrogen (secondary N) is 2. The third-order valence-electron chi connectivity index (χ3n) is 1.95. The van der Waals surface area contributed by atoms with E-state index in [0.717, 1.165) is 0 Å². The van der Waals surface area contributed by atoms with Gasteiger partial charge in [0.2, 0.25) is 5.91 Å². The molecule has 0 heterocycles. The molecule has 0 radical (unpaired) electrons. The molecule has 0 aliphatic carbocycles. The number of carbonyl (C=O) groups excluding carboxylic acids is 1. The normalized spacial score (nSPS) is 9.88. The van der Waals surface area contributed by atoms with Crippen LogP contribution in [0.1, 0.15) is 19.4 Å². The van der Waals surface area contributed by atoms with Crippen LogP contribution < -0.4 is 10.6 Å². The monoisotopic (exact) mass is 217 g/mol. The van der Waals surface area contributed by atoms with Crippen molar-refractivity contribution < 1.29 is 4.79 Å². The summed E-state index contributed by atoms with van der Waals surface area (Å²) < 4.78 is 0. The first-order valence-corrected chi connectivity index (χ1v) is 5.15. The molecule has 2 N–H and O–H groups in total. The number of rotatable bonds is 4. The summed E-state index contributed by atoms with van der Waals surface area (Å²) in [7, 11) is 0. The molecule has 0 unspecified atom stereocenters. The number of nitrogens with zero attached hydrogens (tertiary/aromatic N) is 1. The van der Waals surface area contributed by atoms with Crippen molar-refractivity contribution in [2.75, 3.05) is 11.9 Å². The Bertz CT molecular complexity index is 407. The first-order chi connectivity index (χ1) is 7.61. The lowest BCUT2D eigenvalue weighted by molar-refractivity contribution is -0.115. The SMILES string of the molecule is CC(C)NCC(=O)Nc1cccc(C#N)c1. The Morgan fingerprint density at radius 2 is 2.25 bits per heavy atom. The second-order valence-electron chi connectivity index (χ2n) is 3.78. The Hall–Kier alpha value is -1.86. The first-order valence-electron chi connectivity index (χ1n) is 5.15. The molecule has 0 aliphatic heterocycles. The molecule has 0 bridgehead atoms. The van der Waals surface area contributed by atoms with Gasteiger partial charge in [-0.15, -0.1) is 0 Å². The zero-order valence-corrected chi connectivity index (χ0v) is 9.45. The molecule has 16 heavy (non-hydrogen) atoms. The minimum absolute atomic E-state index is 0.108. The van der Waals surface area contributed by atoms with Crippen molar-refractivity contribution in [3.63, 3.8) is 0 Å². The Kier molecular flexibility index (Phi) is 4.49. The van der Waals surface area contributed by atoms with Gasteiger partial charge in [-0.25, -0.2) is 0 Å². The molecule has 0 saturated carbocycles. The Labute approximate surface area is 95.3 Å². The second kappa shape index (κ2) is 5.89. The minimum atomic E-state index is -0.108. The lowest BCUT2D eigenvalue weighted by Crippen LogP contribution is -2.32. The number of benzene rings is 1. The van der Waals surface area contributed by atoms with Gasteiger partial charge in [0, 0.05) is 11.7 Å². The van der Waals surface area contributed by atoms with Gasteiger partial charge >= 0.3 is 0 Å². The maximum atomic E-state index is 11.5. The highest BCUT2D eigenvalue weighted by molar-refractivity contribution is 5.92. The van der Waals surface area contributed by atoms with E-state index in [1.165, 1.54) is 0 Å². The summed E-state index contributed by atoms with van der Waals surface area (Å²) in [6.07, 6.45) is 0. The van der Waals surface area contributed by atoms with E-state index in [4.69, 9.17) is 5.26 Å². The number of carbonyl (C=O) groups is 1. The Balaban J connectivity index is 2.53. The molecule has 1 aromatic rings. The highest BCUT2D eigenvalue weighted by atomic mass is 16.1. The van der Waals surface area contributed by atoms with Crippen molar-refractivity contribution >= 4 is 11.6 Å². The molecule has 0 saturated heterocycles. The quantitative estimate of drug-likeness (QED) is 0.803. The van der Waals surface area contributed by atoms with Crippen molar-refractivity contribution in [3.8, 4) is 6.07 Å². The molecule has 1 rings (SSSR count). The van der Waals surface area contributed by atoms with Gasteiger partial charge in [-0.05, 0) is 18.2 Å². The van der Waals surface area contributed by atoms with Gasteiger partial charge in [0.1, 0.15) is 0 Å². The van der Waals surface area contributed by atoms with Gasteiger partial charge in [-0.3, -0.25) is 4.79 Å². The fourth-order valence-electron chi connectivity index (χ4n) is 1.17. The van der Waals surface area contributed by atoms with E-state index >= 15 is 0 Å². The average molecular weight is 217 g/mol. The molecule has 0 spiro atoms. The van der Waals surface area contributed by atoms with Gasteiger partial charge in [0.15, 0.2) is 0 Å². The van der Waals surface area contributed by atoms with Crippen LogP contribution in [0.3, 0.4) is 0 Å². The summed E-state index contributed by atoms with van der Waals surface area (Å²) in [4.78, 5) is 11.5. The molecule has 0 aliphatic rings. The summed E-state index contributed by atoms with van der Waals surface area (Å²) in [5.74, 6) is -0.108. The first kappa shape index (κ1) is 12.2. The van der Waals surface area contributed by atoms with Crippen LogP contribution in [0.15, 0.2) is 24.3 Å². The fraction of sp³-hybridized carbons (Fsp3) is 0.333. The minimum Gasteiger partial charge on any atom is -0.325 e. The molecule has 1 amide bonds. The molecule has 4 nitrogen and oxygen atoms in total. The molecule has 0 aromatic heterocycles. The lowest BCUT2D eigenvalue weighted by Gasteiger charge is -2.08. The van der Waals surface area contributed by atoms with Crippen LogP contribution in [0.2, 0.25) is 0 Å². The molecule has 0 fully saturated rings. The van der Waals surface area contributed by atoms with Gasteiger partial charge in [-0.1, -0.05) is 19.9 Å². The van der Waals surface area contributed by atoms with E-state index in [1.807, 2.05) is 19.9 Å². The maximum absolute atomic E-state index is 11.5. The highest BCUT2D eigenvalue weighted by Gasteiger charge is 2.03. The molecular weight excluding hydrogens is 202 g/mol. The number of hydrogen-bond acceptors (Lipinski definition) is 3. The van der Waals surface area contributed by atoms with Crippen molar-refractivity contribution in [2.45, 2.75) is 19.9 Å². The van der Waals surface area contributed by atoms with Crippen LogP contribution in [0.25, 0.3) is 0 Å². The van der Waals surface area contributed by atoms with E-state index in [1.54, 1.807) is 24.3 Å². The predicted molar refractivity (Wildman–Crippen MR) is 62.9 cm³/mol. The molecule has 84 valence electrons. The van der Waals surface area contributed by atoms with Crippen LogP contribution in [-0.4, -0.2) is 18.5 Å². The highest BCUT2D eigenvalue weighted by Crippen LogP contribution is 2.09. The summed E-state index contributed by atoms with van der Waals surface area (Å²) in [5, 5.41) is 14.4. The summed E-state index contributed by atoms with van der Waals surface area (Å²) in [5.41, 5.74) is 1.18. The molecule has 0 atom stereocenters. The van der Waals surface area contributed by atoms with E-state index in [0.29, 0.717) is 11.3 Å². The number of anilines is 1. The number of hydrogen-bond donors (Lipinski definition) is 2. The van der Waals surface area contributed by atoms with E-state index in [9.17, 15) is 4.79 Å². The molecule has 4 heteroatoms. The molecular formula is C12H15N3O. The van der Waals surface area contributed by atoms with Gasteiger partial charge in [0.05, 0.1) is 18.2 Å². The summed E-state index contributed by atoms with van der Waals surface area (Å²) >= 11 is 0. The molecule has 1 aromatic carbocycles. The van der Waals surface area contributed by atoms with Crippen LogP contribution in [0.4, 0.5) is 5.69 Å². The lowest BCUT2D eigenvalue weighted by atomic mass is 10.2. The Morgan fingerprint density at radius 3 is 2.88 bits per heavy atom. The van der Waals surface area contributed by atoms with Crippen LogP contribution >= 0.6 is 0 Å². The van der Waals surface area contributed by atoms with Crippen LogP contribution in [-0.2, 0) is 4.79 Å². The Morgan fingerprint density at radius 1 is 1.50 bits per heavy atom.